The minimum Gasteiger partial charge on any atom is -0.384 e. The standard InChI is InChI=1S/C13H16N2O4S/c1-13(2,12(14)17)15-20(18,19)11-7-3-5-10(9-11)6-4-8-16/h3,5,7,9,15-16H,8H2,1-2H3,(H2,14,17). The Hall–Kier alpha value is -1.88. The van der Waals surface area contributed by atoms with Crippen LogP contribution < -0.4 is 10.5 Å². The maximum Gasteiger partial charge on any atom is 0.241 e. The summed E-state index contributed by atoms with van der Waals surface area (Å²) in [6.45, 7) is 2.44. The molecule has 0 aliphatic rings. The summed E-state index contributed by atoms with van der Waals surface area (Å²) < 4.78 is 26.6. The van der Waals surface area contributed by atoms with Gasteiger partial charge in [0.1, 0.15) is 12.1 Å². The molecular weight excluding hydrogens is 280 g/mol. The lowest BCUT2D eigenvalue weighted by Gasteiger charge is -2.22. The second-order valence-electron chi connectivity index (χ2n) is 4.58. The Labute approximate surface area is 118 Å². The van der Waals surface area contributed by atoms with Crippen molar-refractivity contribution in [3.63, 3.8) is 0 Å². The zero-order chi connectivity index (χ0) is 15.4. The van der Waals surface area contributed by atoms with E-state index in [-0.39, 0.29) is 11.5 Å². The average molecular weight is 296 g/mol. The molecule has 0 heterocycles. The third-order valence-electron chi connectivity index (χ3n) is 2.46. The van der Waals surface area contributed by atoms with Gasteiger partial charge < -0.3 is 10.8 Å². The number of primary amides is 1. The van der Waals surface area contributed by atoms with Crippen molar-refractivity contribution in [1.82, 2.24) is 4.72 Å². The molecule has 0 bridgehead atoms. The second kappa shape index (κ2) is 6.05. The summed E-state index contributed by atoms with van der Waals surface area (Å²) in [5, 5.41) is 8.62. The molecule has 7 heteroatoms. The van der Waals surface area contributed by atoms with Gasteiger partial charge in [-0.1, -0.05) is 17.9 Å². The Kier molecular flexibility index (Phi) is 4.89. The Morgan fingerprint density at radius 1 is 1.45 bits per heavy atom. The lowest BCUT2D eigenvalue weighted by molar-refractivity contribution is -0.122. The number of carbonyl (C=O) groups is 1. The van der Waals surface area contributed by atoms with Crippen LogP contribution >= 0.6 is 0 Å². The maximum absolute atomic E-state index is 12.2. The highest BCUT2D eigenvalue weighted by molar-refractivity contribution is 7.89. The smallest absolute Gasteiger partial charge is 0.241 e. The van der Waals surface area contributed by atoms with Crippen molar-refractivity contribution in [3.8, 4) is 11.8 Å². The van der Waals surface area contributed by atoms with Crippen LogP contribution in [0.5, 0.6) is 0 Å². The van der Waals surface area contributed by atoms with E-state index in [4.69, 9.17) is 10.8 Å². The SMILES string of the molecule is CC(C)(NS(=O)(=O)c1cccc(C#CCO)c1)C(N)=O. The average Bonchev–Trinajstić information content (AvgIpc) is 2.35. The number of nitrogens with one attached hydrogen (secondary N) is 1. The molecular formula is C13H16N2O4S. The molecule has 0 aromatic heterocycles. The molecule has 1 rings (SSSR count). The number of aliphatic hydroxyl groups is 1. The highest BCUT2D eigenvalue weighted by Gasteiger charge is 2.31. The quantitative estimate of drug-likeness (QED) is 0.655. The number of benzene rings is 1. The number of amides is 1. The molecule has 0 spiro atoms. The molecule has 0 aliphatic carbocycles. The van der Waals surface area contributed by atoms with E-state index in [0.29, 0.717) is 5.56 Å². The molecule has 0 atom stereocenters. The molecule has 0 fully saturated rings. The fourth-order valence-electron chi connectivity index (χ4n) is 1.33. The van der Waals surface area contributed by atoms with Crippen LogP contribution in [0.25, 0.3) is 0 Å². The monoisotopic (exact) mass is 296 g/mol. The van der Waals surface area contributed by atoms with Gasteiger partial charge in [-0.25, -0.2) is 8.42 Å². The van der Waals surface area contributed by atoms with Crippen molar-refractivity contribution < 1.29 is 18.3 Å². The van der Waals surface area contributed by atoms with E-state index in [9.17, 15) is 13.2 Å². The van der Waals surface area contributed by atoms with Gasteiger partial charge in [0.15, 0.2) is 0 Å². The van der Waals surface area contributed by atoms with Crippen molar-refractivity contribution >= 4 is 15.9 Å². The molecule has 0 aliphatic heterocycles. The van der Waals surface area contributed by atoms with Gasteiger partial charge in [0.2, 0.25) is 15.9 Å². The first-order valence-corrected chi connectivity index (χ1v) is 7.21. The Morgan fingerprint density at radius 3 is 2.65 bits per heavy atom. The Bertz CT molecular complexity index is 669. The van der Waals surface area contributed by atoms with Crippen molar-refractivity contribution in [1.29, 1.82) is 0 Å². The molecule has 0 unspecified atom stereocenters. The third-order valence-corrected chi connectivity index (χ3v) is 4.12. The number of sulfonamides is 1. The van der Waals surface area contributed by atoms with E-state index in [1.54, 1.807) is 6.07 Å². The number of nitrogens with two attached hydrogens (primary N) is 1. The Morgan fingerprint density at radius 2 is 2.10 bits per heavy atom. The molecule has 1 amide bonds. The lowest BCUT2D eigenvalue weighted by atomic mass is 10.1. The van der Waals surface area contributed by atoms with E-state index in [1.165, 1.54) is 32.0 Å². The van der Waals surface area contributed by atoms with Crippen LogP contribution in [0.15, 0.2) is 29.2 Å². The molecule has 0 saturated heterocycles. The van der Waals surface area contributed by atoms with Gasteiger partial charge in [-0.2, -0.15) is 4.72 Å². The number of aliphatic hydroxyl groups excluding tert-OH is 1. The number of hydrogen-bond acceptors (Lipinski definition) is 4. The summed E-state index contributed by atoms with van der Waals surface area (Å²) in [7, 11) is -3.89. The molecule has 4 N–H and O–H groups in total. The van der Waals surface area contributed by atoms with Gasteiger partial charge in [-0.05, 0) is 32.0 Å². The van der Waals surface area contributed by atoms with Gasteiger partial charge in [-0.3, -0.25) is 4.79 Å². The van der Waals surface area contributed by atoms with Gasteiger partial charge in [0.25, 0.3) is 0 Å². The van der Waals surface area contributed by atoms with Gasteiger partial charge in [-0.15, -0.1) is 0 Å². The number of carbonyl (C=O) groups excluding carboxylic acids is 1. The summed E-state index contributed by atoms with van der Waals surface area (Å²) in [6, 6.07) is 5.86. The van der Waals surface area contributed by atoms with Crippen LogP contribution in [0.2, 0.25) is 0 Å². The predicted octanol–water partition coefficient (Wildman–Crippen LogP) is -0.427. The van der Waals surface area contributed by atoms with E-state index < -0.39 is 21.5 Å². The third kappa shape index (κ3) is 4.06. The highest BCUT2D eigenvalue weighted by atomic mass is 32.2. The van der Waals surface area contributed by atoms with Crippen LogP contribution in [-0.4, -0.2) is 31.6 Å². The summed E-state index contributed by atoms with van der Waals surface area (Å²) in [5.41, 5.74) is 4.18. The predicted molar refractivity (Wildman–Crippen MR) is 74.0 cm³/mol. The summed E-state index contributed by atoms with van der Waals surface area (Å²) in [5.74, 6) is 4.25. The highest BCUT2D eigenvalue weighted by Crippen LogP contribution is 2.14. The van der Waals surface area contributed by atoms with E-state index in [2.05, 4.69) is 16.6 Å². The van der Waals surface area contributed by atoms with Crippen molar-refractivity contribution in [2.75, 3.05) is 6.61 Å². The van der Waals surface area contributed by atoms with E-state index in [0.717, 1.165) is 0 Å². The second-order valence-corrected chi connectivity index (χ2v) is 6.26. The van der Waals surface area contributed by atoms with Gasteiger partial charge in [0, 0.05) is 5.56 Å². The lowest BCUT2D eigenvalue weighted by Crippen LogP contribution is -2.52. The Balaban J connectivity index is 3.14. The zero-order valence-electron chi connectivity index (χ0n) is 11.2. The minimum atomic E-state index is -3.89. The van der Waals surface area contributed by atoms with Crippen LogP contribution in [0, 0.1) is 11.8 Å². The van der Waals surface area contributed by atoms with Crippen LogP contribution in [0.4, 0.5) is 0 Å². The van der Waals surface area contributed by atoms with Crippen LogP contribution in [0.3, 0.4) is 0 Å². The molecule has 1 aromatic carbocycles. The fourth-order valence-corrected chi connectivity index (χ4v) is 2.76. The summed E-state index contributed by atoms with van der Waals surface area (Å²) in [6.07, 6.45) is 0. The van der Waals surface area contributed by atoms with Crippen molar-refractivity contribution in [3.05, 3.63) is 29.8 Å². The summed E-state index contributed by atoms with van der Waals surface area (Å²) >= 11 is 0. The topological polar surface area (TPSA) is 109 Å². The van der Waals surface area contributed by atoms with E-state index >= 15 is 0 Å². The first-order chi connectivity index (χ1) is 9.19. The van der Waals surface area contributed by atoms with Gasteiger partial charge in [0.05, 0.1) is 4.90 Å². The minimum absolute atomic E-state index is 0.0310. The number of hydrogen-bond donors (Lipinski definition) is 3. The van der Waals surface area contributed by atoms with Crippen LogP contribution in [0.1, 0.15) is 19.4 Å². The number of rotatable bonds is 4. The molecule has 0 radical (unpaired) electrons. The van der Waals surface area contributed by atoms with Crippen molar-refractivity contribution in [2.24, 2.45) is 5.73 Å². The molecule has 0 saturated carbocycles. The molecule has 108 valence electrons. The first-order valence-electron chi connectivity index (χ1n) is 5.73. The fraction of sp³-hybridized carbons (Fsp3) is 0.308. The largest absolute Gasteiger partial charge is 0.384 e. The molecule has 1 aromatic rings. The van der Waals surface area contributed by atoms with E-state index in [1.807, 2.05) is 0 Å². The maximum atomic E-state index is 12.2. The molecule has 6 nitrogen and oxygen atoms in total. The molecule has 20 heavy (non-hydrogen) atoms. The van der Waals surface area contributed by atoms with Gasteiger partial charge >= 0.3 is 0 Å². The zero-order valence-corrected chi connectivity index (χ0v) is 12.0. The van der Waals surface area contributed by atoms with Crippen LogP contribution in [-0.2, 0) is 14.8 Å². The normalized spacial score (nSPS) is 11.6. The summed E-state index contributed by atoms with van der Waals surface area (Å²) in [4.78, 5) is 11.2. The van der Waals surface area contributed by atoms with Crippen molar-refractivity contribution in [2.45, 2.75) is 24.3 Å². The first kappa shape index (κ1) is 16.2.